The Bertz CT molecular complexity index is 973. The molecule has 0 unspecified atom stereocenters. The van der Waals surface area contributed by atoms with Gasteiger partial charge in [0.1, 0.15) is 5.82 Å². The standard InChI is InChI=1S/C21H17BrN2/c22-18-10-6-9-17(13-18)15-24-20-12-5-4-11-19(20)23-21(24)14-16-7-2-1-3-8-16/h1-13H,14-15H2. The van der Waals surface area contributed by atoms with Crippen LogP contribution < -0.4 is 0 Å². The summed E-state index contributed by atoms with van der Waals surface area (Å²) < 4.78 is 3.43. The molecular formula is C21H17BrN2. The summed E-state index contributed by atoms with van der Waals surface area (Å²) in [5, 5.41) is 0. The maximum absolute atomic E-state index is 4.88. The van der Waals surface area contributed by atoms with E-state index in [9.17, 15) is 0 Å². The minimum atomic E-state index is 0.822. The van der Waals surface area contributed by atoms with Gasteiger partial charge in [-0.3, -0.25) is 0 Å². The third kappa shape index (κ3) is 3.13. The second-order valence-electron chi connectivity index (χ2n) is 5.90. The monoisotopic (exact) mass is 376 g/mol. The van der Waals surface area contributed by atoms with Crippen LogP contribution in [0.3, 0.4) is 0 Å². The van der Waals surface area contributed by atoms with E-state index in [1.165, 1.54) is 16.6 Å². The van der Waals surface area contributed by atoms with Gasteiger partial charge >= 0.3 is 0 Å². The van der Waals surface area contributed by atoms with Gasteiger partial charge in [0.25, 0.3) is 0 Å². The van der Waals surface area contributed by atoms with Gasteiger partial charge in [0.15, 0.2) is 0 Å². The van der Waals surface area contributed by atoms with Gasteiger partial charge in [0.2, 0.25) is 0 Å². The van der Waals surface area contributed by atoms with Crippen LogP contribution in [0.2, 0.25) is 0 Å². The fourth-order valence-electron chi connectivity index (χ4n) is 3.03. The predicted octanol–water partition coefficient (Wildman–Crippen LogP) is 5.44. The topological polar surface area (TPSA) is 17.8 Å². The molecule has 2 nitrogen and oxygen atoms in total. The van der Waals surface area contributed by atoms with Crippen LogP contribution in [-0.4, -0.2) is 9.55 Å². The SMILES string of the molecule is Brc1cccc(Cn2c(Cc3ccccc3)nc3ccccc32)c1. The minimum Gasteiger partial charge on any atom is -0.323 e. The molecule has 0 saturated carbocycles. The molecule has 0 saturated heterocycles. The highest BCUT2D eigenvalue weighted by molar-refractivity contribution is 9.10. The Morgan fingerprint density at radius 3 is 2.38 bits per heavy atom. The van der Waals surface area contributed by atoms with Gasteiger partial charge < -0.3 is 4.57 Å². The molecule has 3 aromatic carbocycles. The number of para-hydroxylation sites is 2. The van der Waals surface area contributed by atoms with Crippen molar-refractivity contribution in [2.24, 2.45) is 0 Å². The lowest BCUT2D eigenvalue weighted by Crippen LogP contribution is -2.06. The molecule has 0 aliphatic carbocycles. The smallest absolute Gasteiger partial charge is 0.114 e. The van der Waals surface area contributed by atoms with Crippen molar-refractivity contribution < 1.29 is 0 Å². The summed E-state index contributed by atoms with van der Waals surface area (Å²) >= 11 is 3.56. The van der Waals surface area contributed by atoms with Gasteiger partial charge in [-0.1, -0.05) is 70.5 Å². The van der Waals surface area contributed by atoms with E-state index in [-0.39, 0.29) is 0 Å². The maximum atomic E-state index is 4.88. The van der Waals surface area contributed by atoms with Crippen molar-refractivity contribution in [1.82, 2.24) is 9.55 Å². The Balaban J connectivity index is 1.78. The number of fused-ring (bicyclic) bond motifs is 1. The van der Waals surface area contributed by atoms with Crippen LogP contribution in [0.4, 0.5) is 0 Å². The van der Waals surface area contributed by atoms with Gasteiger partial charge in [-0.05, 0) is 35.4 Å². The van der Waals surface area contributed by atoms with E-state index in [4.69, 9.17) is 4.98 Å². The summed E-state index contributed by atoms with van der Waals surface area (Å²) in [4.78, 5) is 4.88. The lowest BCUT2D eigenvalue weighted by atomic mass is 10.1. The van der Waals surface area contributed by atoms with Crippen LogP contribution in [-0.2, 0) is 13.0 Å². The molecule has 1 heterocycles. The highest BCUT2D eigenvalue weighted by atomic mass is 79.9. The highest BCUT2D eigenvalue weighted by Crippen LogP contribution is 2.21. The summed E-state index contributed by atoms with van der Waals surface area (Å²) in [6.45, 7) is 0.822. The summed E-state index contributed by atoms with van der Waals surface area (Å²) in [5.74, 6) is 1.10. The van der Waals surface area contributed by atoms with Crippen molar-refractivity contribution in [3.8, 4) is 0 Å². The van der Waals surface area contributed by atoms with Crippen molar-refractivity contribution in [2.45, 2.75) is 13.0 Å². The Morgan fingerprint density at radius 2 is 1.54 bits per heavy atom. The molecule has 0 atom stereocenters. The molecule has 0 spiro atoms. The van der Waals surface area contributed by atoms with E-state index >= 15 is 0 Å². The molecule has 4 aromatic rings. The van der Waals surface area contributed by atoms with Crippen LogP contribution >= 0.6 is 15.9 Å². The molecule has 3 heteroatoms. The second kappa shape index (κ2) is 6.62. The summed E-state index contributed by atoms with van der Waals surface area (Å²) in [5.41, 5.74) is 4.78. The molecule has 0 amide bonds. The minimum absolute atomic E-state index is 0.822. The van der Waals surface area contributed by atoms with E-state index < -0.39 is 0 Å². The zero-order chi connectivity index (χ0) is 16.4. The van der Waals surface area contributed by atoms with E-state index in [1.54, 1.807) is 0 Å². The fraction of sp³-hybridized carbons (Fsp3) is 0.0952. The molecule has 0 aliphatic heterocycles. The number of imidazole rings is 1. The zero-order valence-electron chi connectivity index (χ0n) is 13.2. The van der Waals surface area contributed by atoms with Gasteiger partial charge in [-0.15, -0.1) is 0 Å². The Hall–Kier alpha value is -2.39. The molecule has 0 aliphatic rings. The fourth-order valence-corrected chi connectivity index (χ4v) is 3.48. The molecule has 118 valence electrons. The first-order valence-electron chi connectivity index (χ1n) is 8.02. The average Bonchev–Trinajstić information content (AvgIpc) is 2.93. The molecule has 24 heavy (non-hydrogen) atoms. The van der Waals surface area contributed by atoms with E-state index in [2.05, 4.69) is 87.2 Å². The Kier molecular flexibility index (Phi) is 4.18. The first-order valence-corrected chi connectivity index (χ1v) is 8.81. The Labute approximate surface area is 149 Å². The number of halogens is 1. The van der Waals surface area contributed by atoms with Crippen LogP contribution in [0.1, 0.15) is 17.0 Å². The number of aromatic nitrogens is 2. The summed E-state index contributed by atoms with van der Waals surface area (Å²) in [7, 11) is 0. The van der Waals surface area contributed by atoms with E-state index in [1.807, 2.05) is 12.1 Å². The lowest BCUT2D eigenvalue weighted by Gasteiger charge is -2.10. The number of hydrogen-bond donors (Lipinski definition) is 0. The first kappa shape index (κ1) is 15.2. The van der Waals surface area contributed by atoms with Crippen molar-refractivity contribution in [2.75, 3.05) is 0 Å². The third-order valence-corrected chi connectivity index (χ3v) is 4.66. The summed E-state index contributed by atoms with van der Waals surface area (Å²) in [6.07, 6.45) is 0.837. The van der Waals surface area contributed by atoms with Crippen LogP contribution in [0.25, 0.3) is 11.0 Å². The summed E-state index contributed by atoms with van der Waals surface area (Å²) in [6, 6.07) is 27.3. The number of hydrogen-bond acceptors (Lipinski definition) is 1. The van der Waals surface area contributed by atoms with Gasteiger partial charge in [0.05, 0.1) is 11.0 Å². The van der Waals surface area contributed by atoms with Crippen LogP contribution in [0.15, 0.2) is 83.3 Å². The molecule has 0 radical (unpaired) electrons. The highest BCUT2D eigenvalue weighted by Gasteiger charge is 2.11. The molecule has 0 fully saturated rings. The van der Waals surface area contributed by atoms with Crippen molar-refractivity contribution in [3.05, 3.63) is 100 Å². The second-order valence-corrected chi connectivity index (χ2v) is 6.81. The first-order chi connectivity index (χ1) is 11.8. The van der Waals surface area contributed by atoms with Gasteiger partial charge in [0, 0.05) is 17.4 Å². The van der Waals surface area contributed by atoms with Crippen LogP contribution in [0.5, 0.6) is 0 Å². The maximum Gasteiger partial charge on any atom is 0.114 e. The number of benzene rings is 3. The number of nitrogens with zero attached hydrogens (tertiary/aromatic N) is 2. The van der Waals surface area contributed by atoms with Crippen LogP contribution in [0, 0.1) is 0 Å². The van der Waals surface area contributed by atoms with Gasteiger partial charge in [-0.25, -0.2) is 4.98 Å². The van der Waals surface area contributed by atoms with Crippen molar-refractivity contribution in [3.63, 3.8) is 0 Å². The quantitative estimate of drug-likeness (QED) is 0.463. The molecule has 0 N–H and O–H groups in total. The van der Waals surface area contributed by atoms with E-state index in [0.717, 1.165) is 28.8 Å². The molecule has 4 rings (SSSR count). The largest absolute Gasteiger partial charge is 0.323 e. The molecule has 0 bridgehead atoms. The normalized spacial score (nSPS) is 11.0. The molecule has 1 aromatic heterocycles. The average molecular weight is 377 g/mol. The van der Waals surface area contributed by atoms with E-state index in [0.29, 0.717) is 0 Å². The zero-order valence-corrected chi connectivity index (χ0v) is 14.8. The predicted molar refractivity (Wildman–Crippen MR) is 102 cm³/mol. The number of rotatable bonds is 4. The Morgan fingerprint density at radius 1 is 0.792 bits per heavy atom. The van der Waals surface area contributed by atoms with Crippen molar-refractivity contribution >= 4 is 27.0 Å². The molecular weight excluding hydrogens is 360 g/mol. The lowest BCUT2D eigenvalue weighted by molar-refractivity contribution is 0.762. The van der Waals surface area contributed by atoms with Crippen molar-refractivity contribution in [1.29, 1.82) is 0 Å². The van der Waals surface area contributed by atoms with Gasteiger partial charge in [-0.2, -0.15) is 0 Å². The third-order valence-electron chi connectivity index (χ3n) is 4.17.